The van der Waals surface area contributed by atoms with Crippen molar-refractivity contribution in [2.45, 2.75) is 24.3 Å². The highest BCUT2D eigenvalue weighted by Crippen LogP contribution is 2.23. The highest BCUT2D eigenvalue weighted by Gasteiger charge is 2.28. The molecule has 0 spiro atoms. The monoisotopic (exact) mass is 326 g/mol. The van der Waals surface area contributed by atoms with E-state index in [-0.39, 0.29) is 24.9 Å². The molecule has 1 aliphatic rings. The number of halogens is 1. The van der Waals surface area contributed by atoms with Gasteiger partial charge in [0.05, 0.1) is 5.92 Å². The Labute approximate surface area is 132 Å². The molecule has 0 bridgehead atoms. The minimum absolute atomic E-state index is 0.0932. The predicted molar refractivity (Wildman–Crippen MR) is 82.3 cm³/mol. The van der Waals surface area contributed by atoms with Gasteiger partial charge in [-0.25, -0.2) is 9.18 Å². The number of urea groups is 1. The van der Waals surface area contributed by atoms with E-state index in [0.717, 1.165) is 4.90 Å². The van der Waals surface area contributed by atoms with Gasteiger partial charge >= 0.3 is 12.0 Å². The van der Waals surface area contributed by atoms with Crippen molar-refractivity contribution in [2.24, 2.45) is 5.92 Å². The van der Waals surface area contributed by atoms with Crippen molar-refractivity contribution in [1.29, 1.82) is 0 Å². The van der Waals surface area contributed by atoms with Crippen molar-refractivity contribution in [3.8, 4) is 0 Å². The highest BCUT2D eigenvalue weighted by molar-refractivity contribution is 7.98. The van der Waals surface area contributed by atoms with Crippen LogP contribution >= 0.6 is 11.8 Å². The van der Waals surface area contributed by atoms with Crippen LogP contribution in [0.2, 0.25) is 0 Å². The van der Waals surface area contributed by atoms with Gasteiger partial charge in [0, 0.05) is 30.1 Å². The van der Waals surface area contributed by atoms with Crippen LogP contribution in [0.3, 0.4) is 0 Å². The fraction of sp³-hybridized carbons (Fsp3) is 0.467. The molecule has 22 heavy (non-hydrogen) atoms. The first-order valence-electron chi connectivity index (χ1n) is 7.10. The molecule has 1 saturated heterocycles. The van der Waals surface area contributed by atoms with Crippen LogP contribution in [0.4, 0.5) is 9.18 Å². The van der Waals surface area contributed by atoms with Crippen LogP contribution in [0.25, 0.3) is 0 Å². The largest absolute Gasteiger partial charge is 0.481 e. The molecule has 1 aromatic carbocycles. The van der Waals surface area contributed by atoms with E-state index < -0.39 is 11.9 Å². The average molecular weight is 326 g/mol. The molecule has 0 aliphatic carbocycles. The number of thioether (sulfide) groups is 1. The third-order valence-corrected chi connectivity index (χ3v) is 4.59. The SMILES string of the molecule is CSc1cccc(F)c1CNC(=O)N1CCCC(C(=O)O)C1. The second-order valence-corrected chi connectivity index (χ2v) is 6.05. The summed E-state index contributed by atoms with van der Waals surface area (Å²) in [7, 11) is 0. The van der Waals surface area contributed by atoms with Gasteiger partial charge in [-0.1, -0.05) is 6.07 Å². The van der Waals surface area contributed by atoms with Crippen molar-refractivity contribution in [1.82, 2.24) is 10.2 Å². The summed E-state index contributed by atoms with van der Waals surface area (Å²) < 4.78 is 13.8. The Morgan fingerprint density at radius 2 is 2.27 bits per heavy atom. The third kappa shape index (κ3) is 3.91. The highest BCUT2D eigenvalue weighted by atomic mass is 32.2. The number of carbonyl (C=O) groups excluding carboxylic acids is 1. The van der Waals surface area contributed by atoms with Crippen molar-refractivity contribution in [2.75, 3.05) is 19.3 Å². The first-order chi connectivity index (χ1) is 10.5. The van der Waals surface area contributed by atoms with E-state index in [1.165, 1.54) is 22.7 Å². The molecule has 2 rings (SSSR count). The number of likely N-dealkylation sites (tertiary alicyclic amines) is 1. The number of rotatable bonds is 4. The number of hydrogen-bond acceptors (Lipinski definition) is 3. The second kappa shape index (κ2) is 7.49. The number of nitrogens with zero attached hydrogens (tertiary/aromatic N) is 1. The van der Waals surface area contributed by atoms with E-state index in [0.29, 0.717) is 24.9 Å². The minimum Gasteiger partial charge on any atom is -0.481 e. The summed E-state index contributed by atoms with van der Waals surface area (Å²) in [5.41, 5.74) is 0.454. The molecule has 0 radical (unpaired) electrons. The van der Waals surface area contributed by atoms with Gasteiger partial charge in [0.15, 0.2) is 0 Å². The topological polar surface area (TPSA) is 69.6 Å². The molecule has 2 N–H and O–H groups in total. The maximum absolute atomic E-state index is 13.8. The molecule has 1 fully saturated rings. The number of carboxylic acid groups (broad SMARTS) is 1. The number of benzene rings is 1. The van der Waals surface area contributed by atoms with E-state index in [1.807, 2.05) is 6.26 Å². The van der Waals surface area contributed by atoms with Gasteiger partial charge in [0.25, 0.3) is 0 Å². The van der Waals surface area contributed by atoms with E-state index in [4.69, 9.17) is 5.11 Å². The van der Waals surface area contributed by atoms with E-state index in [2.05, 4.69) is 5.32 Å². The molecular formula is C15H19FN2O3S. The third-order valence-electron chi connectivity index (χ3n) is 3.77. The molecule has 1 aliphatic heterocycles. The summed E-state index contributed by atoms with van der Waals surface area (Å²) in [4.78, 5) is 25.4. The number of carbonyl (C=O) groups is 2. The molecule has 0 aromatic heterocycles. The fourth-order valence-electron chi connectivity index (χ4n) is 2.54. The normalized spacial score (nSPS) is 18.1. The lowest BCUT2D eigenvalue weighted by Crippen LogP contribution is -2.46. The smallest absolute Gasteiger partial charge is 0.317 e. The van der Waals surface area contributed by atoms with Crippen LogP contribution in [0, 0.1) is 11.7 Å². The zero-order valence-corrected chi connectivity index (χ0v) is 13.2. The average Bonchev–Trinajstić information content (AvgIpc) is 2.53. The number of nitrogens with one attached hydrogen (secondary N) is 1. The molecule has 7 heteroatoms. The Bertz CT molecular complexity index is 568. The molecule has 1 unspecified atom stereocenters. The Balaban J connectivity index is 1.97. The predicted octanol–water partition coefficient (Wildman–Crippen LogP) is 2.55. The van der Waals surface area contributed by atoms with Gasteiger partial charge < -0.3 is 15.3 Å². The van der Waals surface area contributed by atoms with Crippen LogP contribution in [0.5, 0.6) is 0 Å². The van der Waals surface area contributed by atoms with Crippen LogP contribution in [-0.4, -0.2) is 41.4 Å². The molecule has 2 amide bonds. The fourth-order valence-corrected chi connectivity index (χ4v) is 3.17. The molecular weight excluding hydrogens is 307 g/mol. The summed E-state index contributed by atoms with van der Waals surface area (Å²) >= 11 is 1.42. The van der Waals surface area contributed by atoms with Gasteiger partial charge in [-0.2, -0.15) is 0 Å². The van der Waals surface area contributed by atoms with Gasteiger partial charge in [0.2, 0.25) is 0 Å². The maximum atomic E-state index is 13.8. The Hall–Kier alpha value is -1.76. The number of piperidine rings is 1. The zero-order chi connectivity index (χ0) is 16.1. The number of carboxylic acids is 1. The van der Waals surface area contributed by atoms with Crippen molar-refractivity contribution >= 4 is 23.8 Å². The number of hydrogen-bond donors (Lipinski definition) is 2. The van der Waals surface area contributed by atoms with Crippen molar-refractivity contribution in [3.05, 3.63) is 29.6 Å². The van der Waals surface area contributed by atoms with Gasteiger partial charge in [-0.05, 0) is 31.2 Å². The first-order valence-corrected chi connectivity index (χ1v) is 8.32. The van der Waals surface area contributed by atoms with Crippen LogP contribution in [0.15, 0.2) is 23.1 Å². The Kier molecular flexibility index (Phi) is 5.65. The summed E-state index contributed by atoms with van der Waals surface area (Å²) in [6.45, 7) is 0.825. The Morgan fingerprint density at radius 3 is 2.95 bits per heavy atom. The number of aliphatic carboxylic acids is 1. The standard InChI is InChI=1S/C15H19FN2O3S/c1-22-13-6-2-5-12(16)11(13)8-17-15(21)18-7-3-4-10(9-18)14(19)20/h2,5-6,10H,3-4,7-9H2,1H3,(H,17,21)(H,19,20). The van der Waals surface area contributed by atoms with E-state index in [9.17, 15) is 14.0 Å². The summed E-state index contributed by atoms with van der Waals surface area (Å²) in [5.74, 6) is -1.75. The lowest BCUT2D eigenvalue weighted by atomic mass is 9.99. The second-order valence-electron chi connectivity index (χ2n) is 5.20. The molecule has 1 heterocycles. The molecule has 1 atom stereocenters. The summed E-state index contributed by atoms with van der Waals surface area (Å²) in [6.07, 6.45) is 3.10. The minimum atomic E-state index is -0.878. The Morgan fingerprint density at radius 1 is 1.50 bits per heavy atom. The van der Waals surface area contributed by atoms with Gasteiger partial charge in [-0.15, -0.1) is 11.8 Å². The van der Waals surface area contributed by atoms with E-state index >= 15 is 0 Å². The molecule has 1 aromatic rings. The summed E-state index contributed by atoms with van der Waals surface area (Å²) in [5, 5.41) is 11.7. The maximum Gasteiger partial charge on any atom is 0.317 e. The van der Waals surface area contributed by atoms with Crippen LogP contribution < -0.4 is 5.32 Å². The van der Waals surface area contributed by atoms with Crippen molar-refractivity contribution < 1.29 is 19.1 Å². The molecule has 5 nitrogen and oxygen atoms in total. The van der Waals surface area contributed by atoms with E-state index in [1.54, 1.807) is 12.1 Å². The lowest BCUT2D eigenvalue weighted by molar-refractivity contribution is -0.143. The number of amides is 2. The van der Waals surface area contributed by atoms with Crippen molar-refractivity contribution in [3.63, 3.8) is 0 Å². The van der Waals surface area contributed by atoms with Gasteiger partial charge in [-0.3, -0.25) is 4.79 Å². The summed E-state index contributed by atoms with van der Waals surface area (Å²) in [6, 6.07) is 4.45. The van der Waals surface area contributed by atoms with Crippen LogP contribution in [-0.2, 0) is 11.3 Å². The molecule has 0 saturated carbocycles. The lowest BCUT2D eigenvalue weighted by Gasteiger charge is -2.30. The molecule has 120 valence electrons. The quantitative estimate of drug-likeness (QED) is 0.834. The first kappa shape index (κ1) is 16.6. The van der Waals surface area contributed by atoms with Gasteiger partial charge in [0.1, 0.15) is 5.82 Å². The van der Waals surface area contributed by atoms with Crippen LogP contribution in [0.1, 0.15) is 18.4 Å². The zero-order valence-electron chi connectivity index (χ0n) is 12.3.